The molecule has 0 radical (unpaired) electrons. The van der Waals surface area contributed by atoms with Gasteiger partial charge in [-0.1, -0.05) is 81.4 Å². The molecule has 0 saturated heterocycles. The van der Waals surface area contributed by atoms with E-state index in [9.17, 15) is 0 Å². The van der Waals surface area contributed by atoms with E-state index in [0.29, 0.717) is 0 Å². The third-order valence-corrected chi connectivity index (χ3v) is 8.03. The second kappa shape index (κ2) is 9.77. The van der Waals surface area contributed by atoms with Crippen molar-refractivity contribution in [1.29, 1.82) is 0 Å². The Morgan fingerprint density at radius 2 is 1.10 bits per heavy atom. The summed E-state index contributed by atoms with van der Waals surface area (Å²) in [6, 6.07) is 22.9. The van der Waals surface area contributed by atoms with Crippen molar-refractivity contribution in [1.82, 2.24) is 15.0 Å². The van der Waals surface area contributed by atoms with Crippen molar-refractivity contribution in [2.45, 2.75) is 90.9 Å². The second-order valence-corrected chi connectivity index (χ2v) is 13.8. The molecule has 3 nitrogen and oxygen atoms in total. The molecule has 2 aromatic heterocycles. The minimum Gasteiger partial charge on any atom is -0.300 e. The van der Waals surface area contributed by atoms with Crippen molar-refractivity contribution in [3.8, 4) is 22.5 Å². The van der Waals surface area contributed by atoms with Gasteiger partial charge in [0.1, 0.15) is 0 Å². The summed E-state index contributed by atoms with van der Waals surface area (Å²) in [4.78, 5) is 15.1. The van der Waals surface area contributed by atoms with E-state index >= 15 is 0 Å². The Morgan fingerprint density at radius 3 is 1.64 bits per heavy atom. The van der Waals surface area contributed by atoms with Crippen molar-refractivity contribution in [3.63, 3.8) is 0 Å². The molecule has 8 bridgehead atoms. The third-order valence-electron chi connectivity index (χ3n) is 8.03. The minimum absolute atomic E-state index is 0. The Hall–Kier alpha value is -2.64. The summed E-state index contributed by atoms with van der Waals surface area (Å²) in [6.07, 6.45) is 3.75. The van der Waals surface area contributed by atoms with E-state index < -0.39 is 5.41 Å². The van der Waals surface area contributed by atoms with Gasteiger partial charge in [0.25, 0.3) is 0 Å². The second-order valence-electron chi connectivity index (χ2n) is 13.8. The normalized spacial score (nSPS) is 15.6. The topological polar surface area (TPSA) is 38.7 Å². The summed E-state index contributed by atoms with van der Waals surface area (Å²) in [6.45, 7) is 22.4. The van der Waals surface area contributed by atoms with E-state index in [1.165, 1.54) is 11.1 Å². The van der Waals surface area contributed by atoms with Crippen LogP contribution in [-0.2, 0) is 42.7 Å². The molecule has 2 aromatic carbocycles. The van der Waals surface area contributed by atoms with Gasteiger partial charge in [-0.2, -0.15) is 0 Å². The van der Waals surface area contributed by atoms with Gasteiger partial charge in [-0.25, -0.2) is 0 Å². The first-order valence-electron chi connectivity index (χ1n) is 13.5. The fourth-order valence-corrected chi connectivity index (χ4v) is 4.96. The maximum Gasteiger partial charge on any atom is 2.00 e. The number of rotatable bonds is 0. The first kappa shape index (κ1) is 29.3. The van der Waals surface area contributed by atoms with Gasteiger partial charge >= 0.3 is 21.1 Å². The number of hydrogen-bond donors (Lipinski definition) is 0. The molecule has 4 heteroatoms. The third kappa shape index (κ3) is 5.40. The number of aromatic nitrogens is 3. The molecule has 0 atom stereocenters. The first-order valence-corrected chi connectivity index (χ1v) is 13.5. The molecule has 3 heterocycles. The van der Waals surface area contributed by atoms with Crippen LogP contribution in [0.2, 0.25) is 0 Å². The van der Waals surface area contributed by atoms with Gasteiger partial charge in [0.2, 0.25) is 0 Å². The minimum atomic E-state index is -0.412. The van der Waals surface area contributed by atoms with Crippen LogP contribution in [0.4, 0.5) is 0 Å². The Kier molecular flexibility index (Phi) is 7.35. The molecule has 1 aliphatic heterocycles. The van der Waals surface area contributed by atoms with Crippen molar-refractivity contribution in [2.24, 2.45) is 0 Å². The fourth-order valence-electron chi connectivity index (χ4n) is 4.96. The zero-order valence-electron chi connectivity index (χ0n) is 24.9. The average molecular weight is 697 g/mol. The SMILES string of the molecule is CC(C)(C)c1cc2[c-]c(c1)C(C)(C)c1cccc(n1)-c1[c-]c(cc(C(C)(C)C)c1)C(C)(C)c1cncc-2n1.[Pt+2]. The van der Waals surface area contributed by atoms with E-state index in [0.717, 1.165) is 45.0 Å². The Morgan fingerprint density at radius 1 is 0.615 bits per heavy atom. The molecule has 0 unspecified atom stereocenters. The van der Waals surface area contributed by atoms with Crippen LogP contribution in [0.15, 0.2) is 54.9 Å². The predicted molar refractivity (Wildman–Crippen MR) is 156 cm³/mol. The van der Waals surface area contributed by atoms with Crippen LogP contribution in [-0.4, -0.2) is 15.0 Å². The quantitative estimate of drug-likeness (QED) is 0.174. The van der Waals surface area contributed by atoms with Gasteiger partial charge in [0.05, 0.1) is 5.69 Å². The van der Waals surface area contributed by atoms with Crippen LogP contribution < -0.4 is 0 Å². The Bertz CT molecular complexity index is 1420. The summed E-state index contributed by atoms with van der Waals surface area (Å²) in [5.41, 5.74) is 9.51. The van der Waals surface area contributed by atoms with Gasteiger partial charge in [0, 0.05) is 34.6 Å². The molecule has 0 N–H and O–H groups in total. The largest absolute Gasteiger partial charge is 2.00 e. The zero-order chi connectivity index (χ0) is 27.7. The molecule has 0 spiro atoms. The van der Waals surface area contributed by atoms with E-state index in [-0.39, 0.29) is 37.3 Å². The van der Waals surface area contributed by atoms with Crippen LogP contribution in [0.3, 0.4) is 0 Å². The Labute approximate surface area is 249 Å². The van der Waals surface area contributed by atoms with Crippen LogP contribution in [0.1, 0.15) is 103 Å². The van der Waals surface area contributed by atoms with Gasteiger partial charge in [0.15, 0.2) is 0 Å². The summed E-state index contributed by atoms with van der Waals surface area (Å²) >= 11 is 0. The van der Waals surface area contributed by atoms with Crippen molar-refractivity contribution in [3.05, 3.63) is 101 Å². The molecule has 1 aliphatic rings. The molecule has 204 valence electrons. The standard InChI is InChI=1S/C35H39N3.Pt/c1-32(2,3)24-14-22-16-27(19-24)35(9,10)31-21-36-20-29(38-31)23-15-25(33(4,5)6)18-26(17-23)34(7,8)30-13-11-12-28(22)37-30;/h11-15,18-21H,1-10H3;/q-2;+2. The van der Waals surface area contributed by atoms with Gasteiger partial charge in [-0.05, 0) is 22.6 Å². The fraction of sp³-hybridized carbons (Fsp3) is 0.400. The Balaban J connectivity index is 0.00000353. The molecule has 0 aliphatic carbocycles. The molecule has 0 saturated carbocycles. The predicted octanol–water partition coefficient (Wildman–Crippen LogP) is 8.36. The zero-order valence-corrected chi connectivity index (χ0v) is 27.1. The van der Waals surface area contributed by atoms with Crippen LogP contribution >= 0.6 is 0 Å². The average Bonchev–Trinajstić information content (AvgIpc) is 2.87. The van der Waals surface area contributed by atoms with E-state index in [4.69, 9.17) is 9.97 Å². The van der Waals surface area contributed by atoms with E-state index in [1.54, 1.807) is 0 Å². The van der Waals surface area contributed by atoms with Crippen molar-refractivity contribution >= 4 is 0 Å². The molecule has 4 aromatic rings. The smallest absolute Gasteiger partial charge is 0.300 e. The number of hydrogen-bond acceptors (Lipinski definition) is 3. The maximum absolute atomic E-state index is 5.25. The van der Waals surface area contributed by atoms with Gasteiger partial charge in [-0.3, -0.25) is 9.97 Å². The molecule has 39 heavy (non-hydrogen) atoms. The molecular formula is C35H39N3Pt. The number of fused-ring (bicyclic) bond motifs is 10. The van der Waals surface area contributed by atoms with Crippen molar-refractivity contribution in [2.75, 3.05) is 0 Å². The van der Waals surface area contributed by atoms with Gasteiger partial charge in [-0.15, -0.1) is 69.8 Å². The number of benzene rings is 2. The summed E-state index contributed by atoms with van der Waals surface area (Å²) in [7, 11) is 0. The van der Waals surface area contributed by atoms with Crippen molar-refractivity contribution < 1.29 is 21.1 Å². The molecule has 0 fully saturated rings. The van der Waals surface area contributed by atoms with E-state index in [2.05, 4.69) is 129 Å². The first-order chi connectivity index (χ1) is 17.6. The number of pyridine rings is 1. The van der Waals surface area contributed by atoms with Crippen LogP contribution in [0.5, 0.6) is 0 Å². The number of nitrogens with zero attached hydrogens (tertiary/aromatic N) is 3. The maximum atomic E-state index is 5.25. The van der Waals surface area contributed by atoms with Crippen LogP contribution in [0.25, 0.3) is 22.5 Å². The monoisotopic (exact) mass is 696 g/mol. The van der Waals surface area contributed by atoms with E-state index in [1.807, 2.05) is 12.4 Å². The summed E-state index contributed by atoms with van der Waals surface area (Å²) < 4.78 is 0. The van der Waals surface area contributed by atoms with Gasteiger partial charge < -0.3 is 4.98 Å². The molecular weight excluding hydrogens is 657 g/mol. The summed E-state index contributed by atoms with van der Waals surface area (Å²) in [5, 5.41) is 0. The summed E-state index contributed by atoms with van der Waals surface area (Å²) in [5.74, 6) is 0. The van der Waals surface area contributed by atoms with Crippen LogP contribution in [0, 0.1) is 12.1 Å². The molecule has 5 rings (SSSR count). The molecule has 0 amide bonds.